The Morgan fingerprint density at radius 2 is 2.22 bits per heavy atom. The van der Waals surface area contributed by atoms with Gasteiger partial charge in [0.2, 0.25) is 0 Å². The maximum Gasteiger partial charge on any atom is 0.257 e. The lowest BCUT2D eigenvalue weighted by molar-refractivity contribution is 0.0703. The molecule has 1 fully saturated rings. The molecule has 2 rings (SSSR count). The van der Waals surface area contributed by atoms with Gasteiger partial charge in [-0.1, -0.05) is 22.4 Å². The van der Waals surface area contributed by atoms with Gasteiger partial charge in [-0.05, 0) is 43.9 Å². The number of amides is 1. The van der Waals surface area contributed by atoms with Crippen LogP contribution in [0.3, 0.4) is 0 Å². The molecule has 0 bridgehead atoms. The zero-order chi connectivity index (χ0) is 13.1. The fourth-order valence-corrected chi connectivity index (χ4v) is 2.55. The summed E-state index contributed by atoms with van der Waals surface area (Å²) in [7, 11) is 0. The fourth-order valence-electron chi connectivity index (χ4n) is 2.19. The number of rotatable bonds is 4. The van der Waals surface area contributed by atoms with Crippen LogP contribution >= 0.6 is 15.9 Å². The van der Waals surface area contributed by atoms with E-state index in [-0.39, 0.29) is 11.7 Å². The van der Waals surface area contributed by atoms with Gasteiger partial charge in [-0.25, -0.2) is 0 Å². The predicted octanol–water partition coefficient (Wildman–Crippen LogP) is 3.42. The molecule has 0 radical (unpaired) electrons. The first-order chi connectivity index (χ1) is 8.61. The SMILES string of the molecule is CCN(CC1CCC1)C(=O)c1cc(Br)ccc1O. The van der Waals surface area contributed by atoms with Crippen molar-refractivity contribution < 1.29 is 9.90 Å². The number of hydrogen-bond donors (Lipinski definition) is 1. The van der Waals surface area contributed by atoms with Crippen molar-refractivity contribution in [3.8, 4) is 5.75 Å². The molecule has 18 heavy (non-hydrogen) atoms. The third-order valence-corrected chi connectivity index (χ3v) is 4.05. The number of benzene rings is 1. The van der Waals surface area contributed by atoms with Gasteiger partial charge in [0.05, 0.1) is 5.56 Å². The van der Waals surface area contributed by atoms with Crippen LogP contribution in [0.25, 0.3) is 0 Å². The molecule has 1 aliphatic carbocycles. The lowest BCUT2D eigenvalue weighted by Gasteiger charge is -2.32. The van der Waals surface area contributed by atoms with E-state index in [4.69, 9.17) is 0 Å². The van der Waals surface area contributed by atoms with Gasteiger partial charge in [-0.2, -0.15) is 0 Å². The topological polar surface area (TPSA) is 40.5 Å². The van der Waals surface area contributed by atoms with Gasteiger partial charge >= 0.3 is 0 Å². The molecule has 1 saturated carbocycles. The highest BCUT2D eigenvalue weighted by atomic mass is 79.9. The summed E-state index contributed by atoms with van der Waals surface area (Å²) < 4.78 is 0.809. The standard InChI is InChI=1S/C14H18BrNO2/c1-2-16(9-10-4-3-5-10)14(18)12-8-11(15)6-7-13(12)17/h6-8,10,17H,2-5,9H2,1H3. The van der Waals surface area contributed by atoms with E-state index in [0.717, 1.165) is 11.0 Å². The lowest BCUT2D eigenvalue weighted by Crippen LogP contribution is -2.37. The second-order valence-electron chi connectivity index (χ2n) is 4.80. The number of phenols is 1. The van der Waals surface area contributed by atoms with Crippen LogP contribution in [0.15, 0.2) is 22.7 Å². The Hall–Kier alpha value is -1.03. The highest BCUT2D eigenvalue weighted by molar-refractivity contribution is 9.10. The summed E-state index contributed by atoms with van der Waals surface area (Å²) in [5, 5.41) is 9.79. The van der Waals surface area contributed by atoms with Gasteiger partial charge in [-0.15, -0.1) is 0 Å². The summed E-state index contributed by atoms with van der Waals surface area (Å²) in [4.78, 5) is 14.2. The molecule has 0 heterocycles. The molecule has 0 unspecified atom stereocenters. The van der Waals surface area contributed by atoms with Crippen LogP contribution in [0.5, 0.6) is 5.75 Å². The smallest absolute Gasteiger partial charge is 0.257 e. The quantitative estimate of drug-likeness (QED) is 0.925. The number of hydrogen-bond acceptors (Lipinski definition) is 2. The maximum absolute atomic E-state index is 12.4. The molecule has 1 aliphatic rings. The van der Waals surface area contributed by atoms with E-state index in [2.05, 4.69) is 15.9 Å². The van der Waals surface area contributed by atoms with Crippen molar-refractivity contribution in [3.05, 3.63) is 28.2 Å². The average Bonchev–Trinajstić information content (AvgIpc) is 2.30. The Balaban J connectivity index is 2.14. The molecular weight excluding hydrogens is 294 g/mol. The van der Waals surface area contributed by atoms with Crippen LogP contribution < -0.4 is 0 Å². The Kier molecular flexibility index (Phi) is 4.27. The molecule has 98 valence electrons. The summed E-state index contributed by atoms with van der Waals surface area (Å²) in [5.41, 5.74) is 0.380. The summed E-state index contributed by atoms with van der Waals surface area (Å²) in [5.74, 6) is 0.613. The van der Waals surface area contributed by atoms with Crippen LogP contribution in [0.2, 0.25) is 0 Å². The van der Waals surface area contributed by atoms with Crippen LogP contribution in [0, 0.1) is 5.92 Å². The fraction of sp³-hybridized carbons (Fsp3) is 0.500. The van der Waals surface area contributed by atoms with Gasteiger partial charge in [0.15, 0.2) is 0 Å². The van der Waals surface area contributed by atoms with E-state index in [1.165, 1.54) is 19.3 Å². The number of carbonyl (C=O) groups excluding carboxylic acids is 1. The predicted molar refractivity (Wildman–Crippen MR) is 74.7 cm³/mol. The van der Waals surface area contributed by atoms with Gasteiger partial charge in [0, 0.05) is 17.6 Å². The van der Waals surface area contributed by atoms with Crippen molar-refractivity contribution in [2.75, 3.05) is 13.1 Å². The van der Waals surface area contributed by atoms with E-state index < -0.39 is 0 Å². The molecule has 4 heteroatoms. The Bertz CT molecular complexity index is 443. The molecule has 0 atom stereocenters. The van der Waals surface area contributed by atoms with Crippen LogP contribution in [0.1, 0.15) is 36.5 Å². The second kappa shape index (κ2) is 5.74. The molecule has 1 N–H and O–H groups in total. The van der Waals surface area contributed by atoms with Crippen LogP contribution in [-0.2, 0) is 0 Å². The monoisotopic (exact) mass is 311 g/mol. The molecule has 0 aromatic heterocycles. The van der Waals surface area contributed by atoms with Gasteiger partial charge in [0.25, 0.3) is 5.91 Å². The Morgan fingerprint density at radius 3 is 2.78 bits per heavy atom. The van der Waals surface area contributed by atoms with Crippen molar-refractivity contribution in [2.45, 2.75) is 26.2 Å². The third kappa shape index (κ3) is 2.86. The third-order valence-electron chi connectivity index (χ3n) is 3.56. The normalized spacial score (nSPS) is 15.2. The number of nitrogens with zero attached hydrogens (tertiary/aromatic N) is 1. The van der Waals surface area contributed by atoms with E-state index in [0.29, 0.717) is 18.0 Å². The summed E-state index contributed by atoms with van der Waals surface area (Å²) >= 11 is 3.33. The van der Waals surface area contributed by atoms with E-state index in [1.807, 2.05) is 11.8 Å². The minimum Gasteiger partial charge on any atom is -0.507 e. The van der Waals surface area contributed by atoms with E-state index in [1.54, 1.807) is 18.2 Å². The maximum atomic E-state index is 12.4. The zero-order valence-electron chi connectivity index (χ0n) is 10.5. The molecule has 1 aromatic carbocycles. The van der Waals surface area contributed by atoms with Crippen LogP contribution in [-0.4, -0.2) is 29.0 Å². The summed E-state index contributed by atoms with van der Waals surface area (Å²) in [6.07, 6.45) is 3.71. The van der Waals surface area contributed by atoms with Crippen molar-refractivity contribution in [1.29, 1.82) is 0 Å². The number of carbonyl (C=O) groups is 1. The first-order valence-electron chi connectivity index (χ1n) is 6.39. The molecule has 0 spiro atoms. The molecule has 0 aliphatic heterocycles. The molecular formula is C14H18BrNO2. The van der Waals surface area contributed by atoms with Crippen molar-refractivity contribution >= 4 is 21.8 Å². The number of halogens is 1. The first-order valence-corrected chi connectivity index (χ1v) is 7.19. The van der Waals surface area contributed by atoms with Gasteiger partial charge in [0.1, 0.15) is 5.75 Å². The van der Waals surface area contributed by atoms with E-state index >= 15 is 0 Å². The minimum absolute atomic E-state index is 0.0512. The summed E-state index contributed by atoms with van der Waals surface area (Å²) in [6, 6.07) is 4.96. The minimum atomic E-state index is -0.0804. The Labute approximate surface area is 116 Å². The van der Waals surface area contributed by atoms with Crippen molar-refractivity contribution in [1.82, 2.24) is 4.90 Å². The largest absolute Gasteiger partial charge is 0.507 e. The van der Waals surface area contributed by atoms with Crippen molar-refractivity contribution in [3.63, 3.8) is 0 Å². The van der Waals surface area contributed by atoms with Gasteiger partial charge in [-0.3, -0.25) is 4.79 Å². The lowest BCUT2D eigenvalue weighted by atomic mass is 9.85. The highest BCUT2D eigenvalue weighted by Crippen LogP contribution is 2.29. The van der Waals surface area contributed by atoms with Crippen molar-refractivity contribution in [2.24, 2.45) is 5.92 Å². The van der Waals surface area contributed by atoms with E-state index in [9.17, 15) is 9.90 Å². The molecule has 1 amide bonds. The number of aromatic hydroxyl groups is 1. The van der Waals surface area contributed by atoms with Crippen LogP contribution in [0.4, 0.5) is 0 Å². The summed E-state index contributed by atoms with van der Waals surface area (Å²) in [6.45, 7) is 3.47. The first kappa shape index (κ1) is 13.4. The number of phenolic OH excluding ortho intramolecular Hbond substituents is 1. The second-order valence-corrected chi connectivity index (χ2v) is 5.72. The molecule has 3 nitrogen and oxygen atoms in total. The van der Waals surface area contributed by atoms with Gasteiger partial charge < -0.3 is 10.0 Å². The molecule has 1 aromatic rings. The zero-order valence-corrected chi connectivity index (χ0v) is 12.1. The highest BCUT2D eigenvalue weighted by Gasteiger charge is 2.24. The average molecular weight is 312 g/mol. The molecule has 0 saturated heterocycles. The Morgan fingerprint density at radius 1 is 1.50 bits per heavy atom.